The molecule has 0 aliphatic rings. The summed E-state index contributed by atoms with van der Waals surface area (Å²) in [7, 11) is 0. The van der Waals surface area contributed by atoms with E-state index in [1.807, 2.05) is 13.2 Å². The van der Waals surface area contributed by atoms with E-state index in [-0.39, 0.29) is 6.04 Å². The molecule has 0 saturated carbocycles. The van der Waals surface area contributed by atoms with Crippen molar-refractivity contribution >= 4 is 23.3 Å². The maximum Gasteiger partial charge on any atom is 0.149 e. The van der Waals surface area contributed by atoms with Crippen LogP contribution in [0, 0.1) is 5.82 Å². The van der Waals surface area contributed by atoms with Crippen molar-refractivity contribution < 1.29 is 4.39 Å². The standard InChI is InChI=1S/C9H14FN3S/c1-6(5-14-2)13-9-8(11)3-7(10)4-12-9/h3-4,6H,5,11H2,1-2H3,(H,12,13). The fourth-order valence-corrected chi connectivity index (χ4v) is 1.68. The summed E-state index contributed by atoms with van der Waals surface area (Å²) in [6.07, 6.45) is 3.18. The summed E-state index contributed by atoms with van der Waals surface area (Å²) in [4.78, 5) is 3.88. The summed E-state index contributed by atoms with van der Waals surface area (Å²) >= 11 is 1.73. The Morgan fingerprint density at radius 1 is 1.71 bits per heavy atom. The lowest BCUT2D eigenvalue weighted by Crippen LogP contribution is -2.19. The van der Waals surface area contributed by atoms with Crippen LogP contribution >= 0.6 is 11.8 Å². The maximum atomic E-state index is 12.7. The largest absolute Gasteiger partial charge is 0.396 e. The van der Waals surface area contributed by atoms with E-state index in [4.69, 9.17) is 5.73 Å². The molecule has 3 nitrogen and oxygen atoms in total. The third-order valence-corrected chi connectivity index (χ3v) is 2.52. The summed E-state index contributed by atoms with van der Waals surface area (Å²) in [5.41, 5.74) is 5.94. The molecule has 14 heavy (non-hydrogen) atoms. The number of anilines is 2. The topological polar surface area (TPSA) is 50.9 Å². The van der Waals surface area contributed by atoms with Crippen molar-refractivity contribution in [1.82, 2.24) is 4.98 Å². The predicted molar refractivity (Wildman–Crippen MR) is 60.1 cm³/mol. The molecule has 0 aliphatic carbocycles. The van der Waals surface area contributed by atoms with Crippen molar-refractivity contribution in [3.05, 3.63) is 18.1 Å². The monoisotopic (exact) mass is 215 g/mol. The molecular weight excluding hydrogens is 201 g/mol. The van der Waals surface area contributed by atoms with Crippen LogP contribution in [0.25, 0.3) is 0 Å². The van der Waals surface area contributed by atoms with E-state index >= 15 is 0 Å². The van der Waals surface area contributed by atoms with Gasteiger partial charge in [0.05, 0.1) is 11.9 Å². The molecule has 1 heterocycles. The van der Waals surface area contributed by atoms with Crippen LogP contribution in [-0.2, 0) is 0 Å². The molecule has 5 heteroatoms. The van der Waals surface area contributed by atoms with Crippen molar-refractivity contribution in [3.63, 3.8) is 0 Å². The minimum atomic E-state index is -0.412. The first-order valence-corrected chi connectivity index (χ1v) is 5.69. The fourth-order valence-electron chi connectivity index (χ4n) is 1.10. The van der Waals surface area contributed by atoms with Gasteiger partial charge in [-0.05, 0) is 13.2 Å². The van der Waals surface area contributed by atoms with Crippen LogP contribution in [0.4, 0.5) is 15.9 Å². The molecule has 0 saturated heterocycles. The lowest BCUT2D eigenvalue weighted by atomic mass is 10.3. The van der Waals surface area contributed by atoms with Gasteiger partial charge in [-0.25, -0.2) is 9.37 Å². The first-order chi connectivity index (χ1) is 6.63. The number of halogens is 1. The van der Waals surface area contributed by atoms with E-state index in [1.54, 1.807) is 11.8 Å². The first kappa shape index (κ1) is 11.1. The smallest absolute Gasteiger partial charge is 0.149 e. The molecular formula is C9H14FN3S. The van der Waals surface area contributed by atoms with Crippen molar-refractivity contribution in [2.75, 3.05) is 23.1 Å². The average molecular weight is 215 g/mol. The Bertz CT molecular complexity index is 306. The van der Waals surface area contributed by atoms with Crippen molar-refractivity contribution in [2.45, 2.75) is 13.0 Å². The Hall–Kier alpha value is -0.970. The predicted octanol–water partition coefficient (Wildman–Crippen LogP) is 1.97. The highest BCUT2D eigenvalue weighted by molar-refractivity contribution is 7.98. The van der Waals surface area contributed by atoms with Crippen LogP contribution in [0.3, 0.4) is 0 Å². The van der Waals surface area contributed by atoms with Crippen molar-refractivity contribution in [3.8, 4) is 0 Å². The number of nitrogens with zero attached hydrogens (tertiary/aromatic N) is 1. The molecule has 0 aliphatic heterocycles. The number of nitrogens with one attached hydrogen (secondary N) is 1. The highest BCUT2D eigenvalue weighted by atomic mass is 32.2. The van der Waals surface area contributed by atoms with Crippen LogP contribution < -0.4 is 11.1 Å². The van der Waals surface area contributed by atoms with Crippen LogP contribution in [-0.4, -0.2) is 23.0 Å². The van der Waals surface area contributed by atoms with Crippen molar-refractivity contribution in [2.24, 2.45) is 0 Å². The van der Waals surface area contributed by atoms with E-state index in [0.29, 0.717) is 11.5 Å². The Balaban J connectivity index is 2.67. The number of pyridine rings is 1. The molecule has 0 aromatic carbocycles. The van der Waals surface area contributed by atoms with E-state index in [0.717, 1.165) is 11.9 Å². The Labute approximate surface area is 87.3 Å². The second-order valence-electron chi connectivity index (χ2n) is 3.09. The molecule has 0 fully saturated rings. The number of nitrogens with two attached hydrogens (primary N) is 1. The van der Waals surface area contributed by atoms with Gasteiger partial charge in [0.2, 0.25) is 0 Å². The Morgan fingerprint density at radius 3 is 3.00 bits per heavy atom. The number of thioether (sulfide) groups is 1. The lowest BCUT2D eigenvalue weighted by Gasteiger charge is -2.14. The molecule has 1 atom stereocenters. The van der Waals surface area contributed by atoms with Crippen LogP contribution in [0.5, 0.6) is 0 Å². The highest BCUT2D eigenvalue weighted by Crippen LogP contribution is 2.16. The molecule has 1 rings (SSSR count). The van der Waals surface area contributed by atoms with Gasteiger partial charge in [-0.15, -0.1) is 0 Å². The van der Waals surface area contributed by atoms with E-state index < -0.39 is 5.82 Å². The van der Waals surface area contributed by atoms with E-state index in [9.17, 15) is 4.39 Å². The van der Waals surface area contributed by atoms with Crippen LogP contribution in [0.2, 0.25) is 0 Å². The van der Waals surface area contributed by atoms with E-state index in [1.165, 1.54) is 6.07 Å². The van der Waals surface area contributed by atoms with Gasteiger partial charge < -0.3 is 11.1 Å². The zero-order valence-corrected chi connectivity index (χ0v) is 9.07. The number of nitrogen functional groups attached to an aromatic ring is 1. The molecule has 0 bridgehead atoms. The first-order valence-electron chi connectivity index (χ1n) is 4.30. The van der Waals surface area contributed by atoms with E-state index in [2.05, 4.69) is 10.3 Å². The number of hydrogen-bond donors (Lipinski definition) is 2. The minimum Gasteiger partial charge on any atom is -0.396 e. The summed E-state index contributed by atoms with van der Waals surface area (Å²) in [6.45, 7) is 2.03. The third kappa shape index (κ3) is 3.06. The van der Waals surface area contributed by atoms with Crippen molar-refractivity contribution in [1.29, 1.82) is 0 Å². The summed E-state index contributed by atoms with van der Waals surface area (Å²) in [5.74, 6) is 1.09. The van der Waals surface area contributed by atoms with Gasteiger partial charge >= 0.3 is 0 Å². The van der Waals surface area contributed by atoms with Gasteiger partial charge in [0.15, 0.2) is 0 Å². The van der Waals surface area contributed by atoms with Crippen LogP contribution in [0.15, 0.2) is 12.3 Å². The zero-order valence-electron chi connectivity index (χ0n) is 8.25. The fraction of sp³-hybridized carbons (Fsp3) is 0.444. The highest BCUT2D eigenvalue weighted by Gasteiger charge is 2.05. The Morgan fingerprint density at radius 2 is 2.43 bits per heavy atom. The molecule has 0 spiro atoms. The van der Waals surface area contributed by atoms with Crippen LogP contribution in [0.1, 0.15) is 6.92 Å². The van der Waals surface area contributed by atoms with Gasteiger partial charge in [0, 0.05) is 17.9 Å². The minimum absolute atomic E-state index is 0.269. The van der Waals surface area contributed by atoms with Gasteiger partial charge in [-0.2, -0.15) is 11.8 Å². The van der Waals surface area contributed by atoms with Gasteiger partial charge in [-0.1, -0.05) is 0 Å². The Kier molecular flexibility index (Phi) is 4.00. The summed E-state index contributed by atoms with van der Waals surface area (Å²) in [5, 5.41) is 3.11. The zero-order chi connectivity index (χ0) is 10.6. The van der Waals surface area contributed by atoms with Gasteiger partial charge in [0.25, 0.3) is 0 Å². The quantitative estimate of drug-likeness (QED) is 0.806. The second kappa shape index (κ2) is 5.05. The third-order valence-electron chi connectivity index (χ3n) is 1.68. The summed E-state index contributed by atoms with van der Waals surface area (Å²) in [6, 6.07) is 1.53. The number of hydrogen-bond acceptors (Lipinski definition) is 4. The molecule has 3 N–H and O–H groups in total. The lowest BCUT2D eigenvalue weighted by molar-refractivity contribution is 0.622. The number of aromatic nitrogens is 1. The molecule has 78 valence electrons. The molecule has 1 aromatic heterocycles. The number of rotatable bonds is 4. The normalized spacial score (nSPS) is 12.5. The second-order valence-corrected chi connectivity index (χ2v) is 4.00. The molecule has 1 unspecified atom stereocenters. The summed E-state index contributed by atoms with van der Waals surface area (Å²) < 4.78 is 12.7. The SMILES string of the molecule is CSCC(C)Nc1ncc(F)cc1N. The molecule has 0 radical (unpaired) electrons. The molecule has 1 aromatic rings. The van der Waals surface area contributed by atoms with Gasteiger partial charge in [-0.3, -0.25) is 0 Å². The molecule has 0 amide bonds. The maximum absolute atomic E-state index is 12.7. The van der Waals surface area contributed by atoms with Gasteiger partial charge in [0.1, 0.15) is 11.6 Å². The average Bonchev–Trinajstić information content (AvgIpc) is 2.10.